The molecule has 0 aliphatic heterocycles. The van der Waals surface area contributed by atoms with Gasteiger partial charge in [-0.25, -0.2) is 26.6 Å². The smallest absolute Gasteiger partial charge is 0.246 e. The molecule has 0 aliphatic carbocycles. The number of benzene rings is 1. The summed E-state index contributed by atoms with van der Waals surface area (Å²) in [5.74, 6) is -1.33. The van der Waals surface area contributed by atoms with Gasteiger partial charge in [0.05, 0.1) is 5.69 Å². The summed E-state index contributed by atoms with van der Waals surface area (Å²) in [6.07, 6.45) is 0. The van der Waals surface area contributed by atoms with Crippen molar-refractivity contribution in [3.63, 3.8) is 0 Å². The summed E-state index contributed by atoms with van der Waals surface area (Å²) in [6, 6.07) is 8.17. The summed E-state index contributed by atoms with van der Waals surface area (Å²) in [5, 5.41) is 15.3. The Morgan fingerprint density at radius 2 is 1.75 bits per heavy atom. The van der Waals surface area contributed by atoms with Crippen molar-refractivity contribution >= 4 is 15.8 Å². The first-order chi connectivity index (χ1) is 13.3. The maximum atomic E-state index is 13.6. The molecule has 0 radical (unpaired) electrons. The minimum Gasteiger partial charge on any atom is -0.367 e. The molecule has 11 heteroatoms. The van der Waals surface area contributed by atoms with E-state index in [2.05, 4.69) is 25.3 Å². The number of anilines is 1. The lowest BCUT2D eigenvalue weighted by molar-refractivity contribution is 0.514. The van der Waals surface area contributed by atoms with Crippen LogP contribution in [0.1, 0.15) is 11.4 Å². The number of aromatic nitrogens is 4. The van der Waals surface area contributed by atoms with Crippen molar-refractivity contribution < 1.29 is 17.2 Å². The van der Waals surface area contributed by atoms with Crippen LogP contribution in [0, 0.1) is 25.5 Å². The van der Waals surface area contributed by atoms with Crippen LogP contribution in [0.25, 0.3) is 5.82 Å². The van der Waals surface area contributed by atoms with Crippen LogP contribution in [0.2, 0.25) is 0 Å². The van der Waals surface area contributed by atoms with Crippen molar-refractivity contribution in [2.75, 3.05) is 18.4 Å². The van der Waals surface area contributed by atoms with Crippen molar-refractivity contribution in [2.24, 2.45) is 0 Å². The summed E-state index contributed by atoms with van der Waals surface area (Å²) in [5.41, 5.74) is 1.78. The summed E-state index contributed by atoms with van der Waals surface area (Å²) in [4.78, 5) is -0.996. The van der Waals surface area contributed by atoms with Crippen LogP contribution < -0.4 is 10.0 Å². The fraction of sp³-hybridized carbons (Fsp3) is 0.235. The van der Waals surface area contributed by atoms with E-state index in [-0.39, 0.29) is 13.1 Å². The van der Waals surface area contributed by atoms with E-state index < -0.39 is 26.6 Å². The van der Waals surface area contributed by atoms with Gasteiger partial charge in [0.15, 0.2) is 10.7 Å². The fourth-order valence-corrected chi connectivity index (χ4v) is 3.75. The molecule has 3 aromatic rings. The Kier molecular flexibility index (Phi) is 5.66. The second kappa shape index (κ2) is 7.98. The monoisotopic (exact) mass is 408 g/mol. The average molecular weight is 408 g/mol. The number of nitrogens with one attached hydrogen (secondary N) is 2. The second-order valence-corrected chi connectivity index (χ2v) is 7.69. The number of nitrogens with zero attached hydrogens (tertiary/aromatic N) is 4. The maximum absolute atomic E-state index is 13.6. The van der Waals surface area contributed by atoms with Crippen LogP contribution in [0.4, 0.5) is 14.6 Å². The Balaban J connectivity index is 1.57. The van der Waals surface area contributed by atoms with Crippen molar-refractivity contribution in [3.05, 3.63) is 59.4 Å². The van der Waals surface area contributed by atoms with E-state index in [0.717, 1.165) is 29.6 Å². The lowest BCUT2D eigenvalue weighted by Gasteiger charge is -2.10. The second-order valence-electron chi connectivity index (χ2n) is 5.99. The van der Waals surface area contributed by atoms with Gasteiger partial charge in [0.2, 0.25) is 10.0 Å². The van der Waals surface area contributed by atoms with Crippen LogP contribution in [0.15, 0.2) is 41.3 Å². The highest BCUT2D eigenvalue weighted by Crippen LogP contribution is 2.17. The number of hydrogen-bond donors (Lipinski definition) is 2. The van der Waals surface area contributed by atoms with Crippen molar-refractivity contribution in [1.82, 2.24) is 24.7 Å². The Bertz CT molecular complexity index is 1060. The number of rotatable bonds is 7. The highest BCUT2D eigenvalue weighted by atomic mass is 32.2. The third-order valence-electron chi connectivity index (χ3n) is 3.79. The van der Waals surface area contributed by atoms with Gasteiger partial charge in [-0.3, -0.25) is 0 Å². The van der Waals surface area contributed by atoms with Gasteiger partial charge < -0.3 is 5.32 Å². The first kappa shape index (κ1) is 19.8. The van der Waals surface area contributed by atoms with Crippen LogP contribution in [0.3, 0.4) is 0 Å². The summed E-state index contributed by atoms with van der Waals surface area (Å²) >= 11 is 0. The average Bonchev–Trinajstić information content (AvgIpc) is 2.97. The Hall–Kier alpha value is -2.92. The van der Waals surface area contributed by atoms with Crippen LogP contribution in [-0.4, -0.2) is 41.5 Å². The van der Waals surface area contributed by atoms with Crippen molar-refractivity contribution in [1.29, 1.82) is 0 Å². The normalized spacial score (nSPS) is 11.6. The zero-order chi connectivity index (χ0) is 20.3. The van der Waals surface area contributed by atoms with E-state index in [0.29, 0.717) is 11.6 Å². The molecule has 0 spiro atoms. The zero-order valence-electron chi connectivity index (χ0n) is 15.1. The lowest BCUT2D eigenvalue weighted by atomic mass is 10.3. The molecule has 0 amide bonds. The Morgan fingerprint density at radius 3 is 2.32 bits per heavy atom. The number of hydrogen-bond acceptors (Lipinski definition) is 6. The predicted molar refractivity (Wildman–Crippen MR) is 98.7 cm³/mol. The van der Waals surface area contributed by atoms with Gasteiger partial charge in [-0.1, -0.05) is 6.07 Å². The molecular weight excluding hydrogens is 390 g/mol. The number of halogens is 2. The van der Waals surface area contributed by atoms with Gasteiger partial charge in [-0.2, -0.15) is 5.10 Å². The molecule has 0 saturated heterocycles. The van der Waals surface area contributed by atoms with E-state index in [1.165, 1.54) is 0 Å². The molecule has 3 rings (SSSR count). The van der Waals surface area contributed by atoms with Crippen molar-refractivity contribution in [2.45, 2.75) is 18.7 Å². The van der Waals surface area contributed by atoms with E-state index in [9.17, 15) is 17.2 Å². The van der Waals surface area contributed by atoms with Gasteiger partial charge in [-0.15, -0.1) is 10.2 Å². The lowest BCUT2D eigenvalue weighted by Crippen LogP contribution is -2.30. The molecule has 0 fully saturated rings. The highest BCUT2D eigenvalue weighted by molar-refractivity contribution is 7.89. The molecule has 0 bridgehead atoms. The van der Waals surface area contributed by atoms with Gasteiger partial charge in [0, 0.05) is 18.8 Å². The van der Waals surface area contributed by atoms with Gasteiger partial charge in [-0.05, 0) is 44.2 Å². The highest BCUT2D eigenvalue weighted by Gasteiger charge is 2.23. The quantitative estimate of drug-likeness (QED) is 0.580. The summed E-state index contributed by atoms with van der Waals surface area (Å²) in [6.45, 7) is 3.82. The van der Waals surface area contributed by atoms with E-state index in [1.807, 2.05) is 19.9 Å². The third kappa shape index (κ3) is 4.31. The maximum Gasteiger partial charge on any atom is 0.246 e. The Labute approximate surface area is 160 Å². The topological polar surface area (TPSA) is 102 Å². The van der Waals surface area contributed by atoms with Gasteiger partial charge in [0.1, 0.15) is 17.5 Å². The largest absolute Gasteiger partial charge is 0.367 e. The van der Waals surface area contributed by atoms with Crippen molar-refractivity contribution in [3.8, 4) is 5.82 Å². The van der Waals surface area contributed by atoms with E-state index >= 15 is 0 Å². The molecule has 0 atom stereocenters. The molecule has 148 valence electrons. The van der Waals surface area contributed by atoms with Crippen LogP contribution in [0.5, 0.6) is 0 Å². The SMILES string of the molecule is Cc1cc(C)n(-c2ccc(NCCNS(=O)(=O)c3c(F)cccc3F)nn2)n1. The molecular formula is C17H18F2N6O2S. The third-order valence-corrected chi connectivity index (χ3v) is 5.30. The van der Waals surface area contributed by atoms with Crippen LogP contribution in [-0.2, 0) is 10.0 Å². The molecule has 2 N–H and O–H groups in total. The molecule has 0 aliphatic rings. The number of aryl methyl sites for hydroxylation is 2. The zero-order valence-corrected chi connectivity index (χ0v) is 16.0. The van der Waals surface area contributed by atoms with Crippen LogP contribution >= 0.6 is 0 Å². The van der Waals surface area contributed by atoms with E-state index in [4.69, 9.17) is 0 Å². The summed E-state index contributed by atoms with van der Waals surface area (Å²) < 4.78 is 55.2. The molecule has 28 heavy (non-hydrogen) atoms. The first-order valence-corrected chi connectivity index (χ1v) is 9.81. The number of sulfonamides is 1. The molecule has 0 unspecified atom stereocenters. The predicted octanol–water partition coefficient (Wildman–Crippen LogP) is 1.95. The molecule has 2 heterocycles. The van der Waals surface area contributed by atoms with Gasteiger partial charge in [0.25, 0.3) is 0 Å². The minimum atomic E-state index is -4.31. The first-order valence-electron chi connectivity index (χ1n) is 8.33. The summed E-state index contributed by atoms with van der Waals surface area (Å²) in [7, 11) is -4.31. The molecule has 2 aromatic heterocycles. The molecule has 8 nitrogen and oxygen atoms in total. The van der Waals surface area contributed by atoms with E-state index in [1.54, 1.807) is 16.8 Å². The molecule has 0 saturated carbocycles. The van der Waals surface area contributed by atoms with Gasteiger partial charge >= 0.3 is 0 Å². The standard InChI is InChI=1S/C17H18F2N6O2S/c1-11-10-12(2)25(24-11)16-7-6-15(22-23-16)20-8-9-21-28(26,27)17-13(18)4-3-5-14(17)19/h3-7,10,21H,8-9H2,1-2H3,(H,20,22). The Morgan fingerprint density at radius 1 is 1.04 bits per heavy atom. The molecule has 1 aromatic carbocycles. The minimum absolute atomic E-state index is 0.100. The fourth-order valence-electron chi connectivity index (χ4n) is 2.58.